The number of esters is 1. The second kappa shape index (κ2) is 7.16. The number of ether oxygens (including phenoxy) is 1. The largest absolute Gasteiger partial charge is 0.459 e. The molecule has 5 nitrogen and oxygen atoms in total. The Kier molecular flexibility index (Phi) is 5.39. The van der Waals surface area contributed by atoms with Gasteiger partial charge in [0.2, 0.25) is 0 Å². The summed E-state index contributed by atoms with van der Waals surface area (Å²) in [6, 6.07) is 2.88. The number of carbonyl (C=O) groups excluding carboxylic acids is 2. The average Bonchev–Trinajstić information content (AvgIpc) is 2.53. The SMILES string of the molecule is CC[C@@H](C)OC(=O)C1=C(C)NC(=O)N[C@H]1c1ccc(C(F)(F)F)cc1. The van der Waals surface area contributed by atoms with E-state index in [-0.39, 0.29) is 11.7 Å². The number of alkyl halides is 3. The van der Waals surface area contributed by atoms with E-state index in [0.717, 1.165) is 12.1 Å². The number of urea groups is 1. The van der Waals surface area contributed by atoms with Gasteiger partial charge >= 0.3 is 18.2 Å². The maximum Gasteiger partial charge on any atom is 0.416 e. The highest BCUT2D eigenvalue weighted by Gasteiger charge is 2.34. The highest BCUT2D eigenvalue weighted by atomic mass is 19.4. The molecule has 1 heterocycles. The van der Waals surface area contributed by atoms with E-state index in [2.05, 4.69) is 10.6 Å². The van der Waals surface area contributed by atoms with E-state index in [1.54, 1.807) is 13.8 Å². The summed E-state index contributed by atoms with van der Waals surface area (Å²) in [6.07, 6.45) is -4.17. The Morgan fingerprint density at radius 1 is 1.28 bits per heavy atom. The zero-order valence-corrected chi connectivity index (χ0v) is 14.0. The zero-order chi connectivity index (χ0) is 18.8. The number of hydrogen-bond donors (Lipinski definition) is 2. The highest BCUT2D eigenvalue weighted by Crippen LogP contribution is 2.32. The quantitative estimate of drug-likeness (QED) is 0.809. The van der Waals surface area contributed by atoms with Crippen molar-refractivity contribution in [3.05, 3.63) is 46.7 Å². The zero-order valence-electron chi connectivity index (χ0n) is 14.0. The Labute approximate surface area is 143 Å². The van der Waals surface area contributed by atoms with Gasteiger partial charge in [-0.3, -0.25) is 0 Å². The van der Waals surface area contributed by atoms with Crippen LogP contribution in [0.3, 0.4) is 0 Å². The molecule has 0 aromatic heterocycles. The van der Waals surface area contributed by atoms with Crippen LogP contribution in [0.25, 0.3) is 0 Å². The fraction of sp³-hybridized carbons (Fsp3) is 0.412. The van der Waals surface area contributed by atoms with Gasteiger partial charge in [0.1, 0.15) is 0 Å². The molecule has 1 aromatic rings. The molecule has 0 saturated heterocycles. The molecule has 0 saturated carbocycles. The van der Waals surface area contributed by atoms with Gasteiger partial charge in [-0.05, 0) is 38.0 Å². The summed E-state index contributed by atoms with van der Waals surface area (Å²) in [7, 11) is 0. The molecule has 2 N–H and O–H groups in total. The lowest BCUT2D eigenvalue weighted by atomic mass is 9.94. The van der Waals surface area contributed by atoms with Gasteiger partial charge < -0.3 is 15.4 Å². The Morgan fingerprint density at radius 2 is 1.88 bits per heavy atom. The average molecular weight is 356 g/mol. The summed E-state index contributed by atoms with van der Waals surface area (Å²) in [4.78, 5) is 24.2. The van der Waals surface area contributed by atoms with E-state index < -0.39 is 29.8 Å². The minimum atomic E-state index is -4.46. The third kappa shape index (κ3) is 4.32. The number of hydrogen-bond acceptors (Lipinski definition) is 3. The first kappa shape index (κ1) is 18.8. The molecule has 1 aromatic carbocycles. The first-order valence-corrected chi connectivity index (χ1v) is 7.80. The molecule has 0 fully saturated rings. The third-order valence-electron chi connectivity index (χ3n) is 3.94. The van der Waals surface area contributed by atoms with Crippen molar-refractivity contribution in [3.8, 4) is 0 Å². The molecular weight excluding hydrogens is 337 g/mol. The van der Waals surface area contributed by atoms with Gasteiger partial charge in [0, 0.05) is 5.70 Å². The van der Waals surface area contributed by atoms with Crippen molar-refractivity contribution in [2.45, 2.75) is 45.5 Å². The summed E-state index contributed by atoms with van der Waals surface area (Å²) in [6.45, 7) is 5.13. The van der Waals surface area contributed by atoms with Gasteiger partial charge in [-0.15, -0.1) is 0 Å². The lowest BCUT2D eigenvalue weighted by Crippen LogP contribution is -2.45. The van der Waals surface area contributed by atoms with E-state index in [4.69, 9.17) is 4.74 Å². The molecule has 2 amide bonds. The van der Waals surface area contributed by atoms with E-state index in [9.17, 15) is 22.8 Å². The topological polar surface area (TPSA) is 67.4 Å². The Balaban J connectivity index is 2.37. The van der Waals surface area contributed by atoms with Crippen molar-refractivity contribution in [2.75, 3.05) is 0 Å². The smallest absolute Gasteiger partial charge is 0.416 e. The number of rotatable bonds is 4. The third-order valence-corrected chi connectivity index (χ3v) is 3.94. The lowest BCUT2D eigenvalue weighted by Gasteiger charge is -2.29. The van der Waals surface area contributed by atoms with E-state index in [1.807, 2.05) is 6.92 Å². The number of allylic oxidation sites excluding steroid dienone is 1. The highest BCUT2D eigenvalue weighted by molar-refractivity contribution is 5.95. The minimum absolute atomic E-state index is 0.166. The second-order valence-corrected chi connectivity index (χ2v) is 5.81. The summed E-state index contributed by atoms with van der Waals surface area (Å²) < 4.78 is 43.4. The molecule has 8 heteroatoms. The van der Waals surface area contributed by atoms with Crippen molar-refractivity contribution < 1.29 is 27.5 Å². The standard InChI is InChI=1S/C17H19F3N2O3/c1-4-9(2)25-15(23)13-10(3)21-16(24)22-14(13)11-5-7-12(8-6-11)17(18,19)20/h5-9,14H,4H2,1-3H3,(H2,21,22,24)/t9-,14+/m1/s1. The van der Waals surface area contributed by atoms with Gasteiger partial charge in [0.05, 0.1) is 23.3 Å². The van der Waals surface area contributed by atoms with Crippen LogP contribution in [0.1, 0.15) is 44.4 Å². The van der Waals surface area contributed by atoms with Crippen LogP contribution >= 0.6 is 0 Å². The molecule has 2 rings (SSSR count). The van der Waals surface area contributed by atoms with Crippen molar-refractivity contribution in [1.29, 1.82) is 0 Å². The minimum Gasteiger partial charge on any atom is -0.459 e. The number of benzene rings is 1. The van der Waals surface area contributed by atoms with Crippen molar-refractivity contribution >= 4 is 12.0 Å². The molecule has 1 aliphatic rings. The fourth-order valence-electron chi connectivity index (χ4n) is 2.41. The number of carbonyl (C=O) groups is 2. The maximum absolute atomic E-state index is 12.7. The first-order chi connectivity index (χ1) is 11.6. The number of halogens is 3. The predicted molar refractivity (Wildman–Crippen MR) is 84.4 cm³/mol. The second-order valence-electron chi connectivity index (χ2n) is 5.81. The number of nitrogens with one attached hydrogen (secondary N) is 2. The van der Waals surface area contributed by atoms with Crippen LogP contribution in [0, 0.1) is 0 Å². The van der Waals surface area contributed by atoms with Crippen molar-refractivity contribution in [3.63, 3.8) is 0 Å². The Hall–Kier alpha value is -2.51. The molecule has 0 bridgehead atoms. The molecule has 136 valence electrons. The van der Waals surface area contributed by atoms with Crippen molar-refractivity contribution in [2.24, 2.45) is 0 Å². The van der Waals surface area contributed by atoms with E-state index in [1.165, 1.54) is 12.1 Å². The maximum atomic E-state index is 12.7. The molecule has 25 heavy (non-hydrogen) atoms. The van der Waals surface area contributed by atoms with Gasteiger partial charge in [-0.2, -0.15) is 13.2 Å². The molecule has 1 aliphatic heterocycles. The summed E-state index contributed by atoms with van der Waals surface area (Å²) >= 11 is 0. The normalized spacial score (nSPS) is 19.1. The summed E-state index contributed by atoms with van der Waals surface area (Å²) in [5, 5.41) is 5.04. The first-order valence-electron chi connectivity index (χ1n) is 7.80. The van der Waals surface area contributed by atoms with Gasteiger partial charge in [0.25, 0.3) is 0 Å². The predicted octanol–water partition coefficient (Wildman–Crippen LogP) is 3.68. The lowest BCUT2D eigenvalue weighted by molar-refractivity contribution is -0.144. The van der Waals surface area contributed by atoms with Crippen LogP contribution in [-0.2, 0) is 15.7 Å². The van der Waals surface area contributed by atoms with Gasteiger partial charge in [-0.1, -0.05) is 19.1 Å². The van der Waals surface area contributed by atoms with Gasteiger partial charge in [-0.25, -0.2) is 9.59 Å². The van der Waals surface area contributed by atoms with E-state index in [0.29, 0.717) is 17.7 Å². The van der Waals surface area contributed by atoms with Crippen LogP contribution in [0.15, 0.2) is 35.5 Å². The number of amides is 2. The molecule has 0 aliphatic carbocycles. The van der Waals surface area contributed by atoms with Crippen LogP contribution in [0.5, 0.6) is 0 Å². The molecular formula is C17H19F3N2O3. The van der Waals surface area contributed by atoms with Crippen LogP contribution in [-0.4, -0.2) is 18.1 Å². The molecule has 0 unspecified atom stereocenters. The van der Waals surface area contributed by atoms with E-state index >= 15 is 0 Å². The summed E-state index contributed by atoms with van der Waals surface area (Å²) in [5.74, 6) is -0.621. The van der Waals surface area contributed by atoms with Gasteiger partial charge in [0.15, 0.2) is 0 Å². The van der Waals surface area contributed by atoms with Crippen LogP contribution in [0.4, 0.5) is 18.0 Å². The van der Waals surface area contributed by atoms with Crippen molar-refractivity contribution in [1.82, 2.24) is 10.6 Å². The Bertz CT molecular complexity index is 696. The van der Waals surface area contributed by atoms with Crippen LogP contribution in [0.2, 0.25) is 0 Å². The summed E-state index contributed by atoms with van der Waals surface area (Å²) in [5.41, 5.74) is 0.0286. The monoisotopic (exact) mass is 356 g/mol. The molecule has 2 atom stereocenters. The fourth-order valence-corrected chi connectivity index (χ4v) is 2.41. The molecule has 0 radical (unpaired) electrons. The molecule has 0 spiro atoms. The Morgan fingerprint density at radius 3 is 2.40 bits per heavy atom. The van der Waals surface area contributed by atoms with Crippen LogP contribution < -0.4 is 10.6 Å².